The number of nitrogens with one attached hydrogen (secondary N) is 1. The summed E-state index contributed by atoms with van der Waals surface area (Å²) < 4.78 is 40.5. The van der Waals surface area contributed by atoms with Crippen LogP contribution >= 0.6 is 11.3 Å². The molecule has 1 aliphatic heterocycles. The van der Waals surface area contributed by atoms with Crippen LogP contribution in [0, 0.1) is 0 Å². The second kappa shape index (κ2) is 7.40. The molecule has 2 aromatic carbocycles. The number of fused-ring (bicyclic) bond motifs is 1. The van der Waals surface area contributed by atoms with E-state index in [1.807, 2.05) is 0 Å². The Hall–Kier alpha value is -2.65. The lowest BCUT2D eigenvalue weighted by Crippen LogP contribution is -2.43. The average Bonchev–Trinajstić information content (AvgIpc) is 3.12. The van der Waals surface area contributed by atoms with Crippen molar-refractivity contribution in [3.8, 4) is 0 Å². The Morgan fingerprint density at radius 3 is 2.39 bits per heavy atom. The average molecular weight is 406 g/mol. The first-order valence-electron chi connectivity index (χ1n) is 8.76. The van der Waals surface area contributed by atoms with E-state index in [0.29, 0.717) is 10.4 Å². The van der Waals surface area contributed by atoms with Gasteiger partial charge in [0.25, 0.3) is 0 Å². The molecular weight excluding hydrogens is 389 g/mol. The smallest absolute Gasteiger partial charge is 0.369 e. The van der Waals surface area contributed by atoms with Gasteiger partial charge in [-0.2, -0.15) is 13.2 Å². The Morgan fingerprint density at radius 2 is 1.75 bits per heavy atom. The highest BCUT2D eigenvalue weighted by molar-refractivity contribution is 7.22. The molecule has 0 atom stereocenters. The van der Waals surface area contributed by atoms with Gasteiger partial charge in [0.05, 0.1) is 15.9 Å². The molecule has 0 radical (unpaired) electrons. The predicted octanol–water partition coefficient (Wildman–Crippen LogP) is 3.93. The topological polar surface area (TPSA) is 48.5 Å². The first-order chi connectivity index (χ1) is 13.4. The van der Waals surface area contributed by atoms with E-state index in [4.69, 9.17) is 0 Å². The summed E-state index contributed by atoms with van der Waals surface area (Å²) in [6, 6.07) is 13.6. The fourth-order valence-corrected chi connectivity index (χ4v) is 4.12. The van der Waals surface area contributed by atoms with Gasteiger partial charge in [-0.25, -0.2) is 9.88 Å². The van der Waals surface area contributed by atoms with Gasteiger partial charge >= 0.3 is 12.1 Å². The molecule has 28 heavy (non-hydrogen) atoms. The van der Waals surface area contributed by atoms with E-state index < -0.39 is 12.1 Å². The number of amides is 1. The predicted molar refractivity (Wildman–Crippen MR) is 104 cm³/mol. The third kappa shape index (κ3) is 3.67. The summed E-state index contributed by atoms with van der Waals surface area (Å²) in [6.45, 7) is 3.35. The minimum Gasteiger partial charge on any atom is -0.369 e. The maximum Gasteiger partial charge on any atom is 0.472 e. The summed E-state index contributed by atoms with van der Waals surface area (Å²) in [5.41, 5.74) is 1.61. The highest BCUT2D eigenvalue weighted by Crippen LogP contribution is 2.37. The molecule has 0 saturated carbocycles. The zero-order valence-electron chi connectivity index (χ0n) is 14.7. The summed E-state index contributed by atoms with van der Waals surface area (Å²) in [6.07, 6.45) is -5.00. The molecule has 1 fully saturated rings. The fraction of sp³-hybridized carbons (Fsp3) is 0.263. The van der Waals surface area contributed by atoms with Gasteiger partial charge in [-0.1, -0.05) is 23.5 Å². The van der Waals surface area contributed by atoms with E-state index in [1.54, 1.807) is 36.4 Å². The number of carbonyl (C=O) groups is 1. The Labute approximate surface area is 163 Å². The van der Waals surface area contributed by atoms with Crippen LogP contribution in [0.3, 0.4) is 0 Å². The molecule has 1 amide bonds. The summed E-state index contributed by atoms with van der Waals surface area (Å²) in [5.74, 6) is -1.96. The van der Waals surface area contributed by atoms with Gasteiger partial charge in [-0.15, -0.1) is 0 Å². The highest BCUT2D eigenvalue weighted by atomic mass is 32.1. The number of aromatic nitrogens is 1. The fourth-order valence-electron chi connectivity index (χ4n) is 3.13. The zero-order valence-corrected chi connectivity index (χ0v) is 15.6. The van der Waals surface area contributed by atoms with Crippen LogP contribution in [0.15, 0.2) is 48.5 Å². The van der Waals surface area contributed by atoms with Crippen molar-refractivity contribution in [1.82, 2.24) is 10.3 Å². The molecule has 1 saturated heterocycles. The van der Waals surface area contributed by atoms with Crippen molar-refractivity contribution < 1.29 is 18.0 Å². The molecule has 5 nitrogen and oxygen atoms in total. The van der Waals surface area contributed by atoms with Gasteiger partial charge in [-0.05, 0) is 36.4 Å². The van der Waals surface area contributed by atoms with Crippen LogP contribution in [-0.4, -0.2) is 43.2 Å². The number of anilines is 3. The van der Waals surface area contributed by atoms with Gasteiger partial charge in [-0.3, -0.25) is 4.79 Å². The van der Waals surface area contributed by atoms with Crippen LogP contribution in [0.4, 0.5) is 29.7 Å². The van der Waals surface area contributed by atoms with Gasteiger partial charge in [0, 0.05) is 31.9 Å². The van der Waals surface area contributed by atoms with Crippen LogP contribution in [0.5, 0.6) is 0 Å². The van der Waals surface area contributed by atoms with Crippen molar-refractivity contribution >= 4 is 44.0 Å². The molecule has 146 valence electrons. The molecule has 0 bridgehead atoms. The molecule has 0 unspecified atom stereocenters. The van der Waals surface area contributed by atoms with Crippen molar-refractivity contribution in [3.05, 3.63) is 48.5 Å². The molecule has 4 rings (SSSR count). The third-order valence-corrected chi connectivity index (χ3v) is 5.53. The minimum atomic E-state index is -5.00. The molecule has 1 aromatic heterocycles. The van der Waals surface area contributed by atoms with E-state index in [0.717, 1.165) is 47.9 Å². The van der Waals surface area contributed by atoms with E-state index >= 15 is 0 Å². The molecule has 9 heteroatoms. The number of halogens is 3. The molecule has 3 aromatic rings. The maximum absolute atomic E-state index is 13.3. The highest BCUT2D eigenvalue weighted by Gasteiger charge is 2.44. The van der Waals surface area contributed by atoms with Crippen molar-refractivity contribution in [2.24, 2.45) is 0 Å². The monoisotopic (exact) mass is 406 g/mol. The molecule has 0 aliphatic carbocycles. The Morgan fingerprint density at radius 1 is 1.07 bits per heavy atom. The van der Waals surface area contributed by atoms with E-state index in [9.17, 15) is 18.0 Å². The van der Waals surface area contributed by atoms with Crippen molar-refractivity contribution in [3.63, 3.8) is 0 Å². The number of thiazole rings is 1. The number of piperazine rings is 1. The lowest BCUT2D eigenvalue weighted by molar-refractivity contribution is -0.169. The van der Waals surface area contributed by atoms with E-state index in [1.165, 1.54) is 12.1 Å². The molecule has 0 spiro atoms. The van der Waals surface area contributed by atoms with Crippen LogP contribution in [0.2, 0.25) is 0 Å². The SMILES string of the molecule is O=C(N(c1ccc(N2CCNCC2)cc1)c1nc2ccccc2s1)C(F)(F)F. The van der Waals surface area contributed by atoms with Crippen molar-refractivity contribution in [1.29, 1.82) is 0 Å². The normalized spacial score (nSPS) is 15.0. The quantitative estimate of drug-likeness (QED) is 0.716. The Bertz CT molecular complexity index is 948. The Balaban J connectivity index is 1.71. The number of alkyl halides is 3. The first kappa shape index (κ1) is 18.7. The number of hydrogen-bond acceptors (Lipinski definition) is 5. The number of carbonyl (C=O) groups excluding carboxylic acids is 1. The Kier molecular flexibility index (Phi) is 4.94. The first-order valence-corrected chi connectivity index (χ1v) is 9.58. The van der Waals surface area contributed by atoms with Gasteiger partial charge < -0.3 is 10.2 Å². The van der Waals surface area contributed by atoms with Gasteiger partial charge in [0.1, 0.15) is 0 Å². The number of para-hydroxylation sites is 1. The lowest BCUT2D eigenvalue weighted by Gasteiger charge is -2.30. The van der Waals surface area contributed by atoms with Crippen molar-refractivity contribution in [2.45, 2.75) is 6.18 Å². The number of nitrogens with zero attached hydrogens (tertiary/aromatic N) is 3. The largest absolute Gasteiger partial charge is 0.472 e. The zero-order chi connectivity index (χ0) is 19.7. The molecule has 1 N–H and O–H groups in total. The summed E-state index contributed by atoms with van der Waals surface area (Å²) >= 11 is 1.05. The van der Waals surface area contributed by atoms with Crippen LogP contribution in [0.1, 0.15) is 0 Å². The van der Waals surface area contributed by atoms with Gasteiger partial charge in [0.2, 0.25) is 0 Å². The summed E-state index contributed by atoms with van der Waals surface area (Å²) in [5, 5.41) is 3.25. The van der Waals surface area contributed by atoms with Crippen LogP contribution < -0.4 is 15.1 Å². The number of hydrogen-bond donors (Lipinski definition) is 1. The van der Waals surface area contributed by atoms with E-state index in [-0.39, 0.29) is 10.8 Å². The van der Waals surface area contributed by atoms with Gasteiger partial charge in [0.15, 0.2) is 5.13 Å². The third-order valence-electron chi connectivity index (χ3n) is 4.51. The summed E-state index contributed by atoms with van der Waals surface area (Å²) in [4.78, 5) is 19.2. The summed E-state index contributed by atoms with van der Waals surface area (Å²) in [7, 11) is 0. The molecule has 1 aliphatic rings. The maximum atomic E-state index is 13.3. The lowest BCUT2D eigenvalue weighted by atomic mass is 10.2. The van der Waals surface area contributed by atoms with Crippen LogP contribution in [-0.2, 0) is 4.79 Å². The molecule has 2 heterocycles. The number of benzene rings is 2. The second-order valence-electron chi connectivity index (χ2n) is 6.36. The van der Waals surface area contributed by atoms with Crippen molar-refractivity contribution in [2.75, 3.05) is 36.0 Å². The minimum absolute atomic E-state index is 0.00144. The van der Waals surface area contributed by atoms with E-state index in [2.05, 4.69) is 15.2 Å². The molecular formula is C19H17F3N4OS. The standard InChI is InChI=1S/C19H17F3N4OS/c20-19(21,22)17(27)26(18-24-15-3-1-2-4-16(15)28-18)14-7-5-13(6-8-14)25-11-9-23-10-12-25/h1-8,23H,9-12H2. The second-order valence-corrected chi connectivity index (χ2v) is 7.37. The van der Waals surface area contributed by atoms with Crippen LogP contribution in [0.25, 0.3) is 10.2 Å². The number of rotatable bonds is 3.